The maximum absolute atomic E-state index is 12.7. The minimum atomic E-state index is -0.480. The SMILES string of the molecule is Cc1cc(Nc2nc(NC3CC4CCC(C3)N4C(=O)OC(C)(C)C)nc3sccc23)n[nH]1. The molecule has 2 saturated heterocycles. The molecule has 5 rings (SSSR count). The Balaban J connectivity index is 1.32. The van der Waals surface area contributed by atoms with E-state index >= 15 is 0 Å². The van der Waals surface area contributed by atoms with Gasteiger partial charge in [0.2, 0.25) is 5.95 Å². The molecule has 0 aliphatic carbocycles. The largest absolute Gasteiger partial charge is 0.444 e. The van der Waals surface area contributed by atoms with Crippen molar-refractivity contribution in [1.29, 1.82) is 0 Å². The number of carbonyl (C=O) groups excluding carboxylic acids is 1. The highest BCUT2D eigenvalue weighted by atomic mass is 32.1. The number of hydrogen-bond donors (Lipinski definition) is 3. The number of thiophene rings is 1. The number of aromatic nitrogens is 4. The van der Waals surface area contributed by atoms with Gasteiger partial charge >= 0.3 is 6.09 Å². The number of anilines is 3. The van der Waals surface area contributed by atoms with E-state index in [4.69, 9.17) is 14.7 Å². The summed E-state index contributed by atoms with van der Waals surface area (Å²) < 4.78 is 5.65. The molecule has 0 radical (unpaired) electrons. The highest BCUT2D eigenvalue weighted by Crippen LogP contribution is 2.38. The van der Waals surface area contributed by atoms with Gasteiger partial charge in [-0.25, -0.2) is 9.78 Å². The molecule has 2 aliphatic heterocycles. The molecule has 0 aromatic carbocycles. The van der Waals surface area contributed by atoms with Crippen LogP contribution in [0.15, 0.2) is 17.5 Å². The number of aromatic amines is 1. The Kier molecular flexibility index (Phi) is 5.19. The van der Waals surface area contributed by atoms with Gasteiger partial charge in [0.25, 0.3) is 0 Å². The van der Waals surface area contributed by atoms with Gasteiger partial charge in [0.15, 0.2) is 5.82 Å². The number of hydrogen-bond acceptors (Lipinski definition) is 8. The minimum Gasteiger partial charge on any atom is -0.444 e. The third-order valence-electron chi connectivity index (χ3n) is 5.95. The van der Waals surface area contributed by atoms with E-state index in [1.54, 1.807) is 11.3 Å². The van der Waals surface area contributed by atoms with Crippen molar-refractivity contribution in [2.75, 3.05) is 10.6 Å². The second kappa shape index (κ2) is 7.91. The molecule has 3 aromatic heterocycles. The van der Waals surface area contributed by atoms with Crippen molar-refractivity contribution >= 4 is 45.2 Å². The number of nitrogens with one attached hydrogen (secondary N) is 3. The fourth-order valence-electron chi connectivity index (χ4n) is 4.71. The smallest absolute Gasteiger partial charge is 0.410 e. The van der Waals surface area contributed by atoms with Gasteiger partial charge in [0.05, 0.1) is 5.39 Å². The zero-order valence-electron chi connectivity index (χ0n) is 18.8. The van der Waals surface area contributed by atoms with Crippen LogP contribution in [0, 0.1) is 6.92 Å². The van der Waals surface area contributed by atoms with Crippen LogP contribution in [0.5, 0.6) is 0 Å². The van der Waals surface area contributed by atoms with E-state index in [2.05, 4.69) is 20.8 Å². The first kappa shape index (κ1) is 21.0. The molecule has 0 spiro atoms. The monoisotopic (exact) mass is 455 g/mol. The van der Waals surface area contributed by atoms with E-state index in [1.165, 1.54) is 0 Å². The zero-order valence-corrected chi connectivity index (χ0v) is 19.6. The molecule has 170 valence electrons. The summed E-state index contributed by atoms with van der Waals surface area (Å²) in [5.74, 6) is 2.06. The molecule has 5 heterocycles. The lowest BCUT2D eigenvalue weighted by Gasteiger charge is -2.39. The summed E-state index contributed by atoms with van der Waals surface area (Å²) in [6.07, 6.45) is 3.56. The lowest BCUT2D eigenvalue weighted by atomic mass is 9.98. The molecule has 0 saturated carbocycles. The predicted octanol–water partition coefficient (Wildman–Crippen LogP) is 4.81. The van der Waals surface area contributed by atoms with Gasteiger partial charge < -0.3 is 20.3 Å². The van der Waals surface area contributed by atoms with Gasteiger partial charge in [-0.05, 0) is 64.8 Å². The van der Waals surface area contributed by atoms with Gasteiger partial charge in [-0.3, -0.25) is 5.10 Å². The number of rotatable bonds is 4. The average Bonchev–Trinajstić information content (AvgIpc) is 3.39. The van der Waals surface area contributed by atoms with E-state index in [-0.39, 0.29) is 24.2 Å². The Bertz CT molecular complexity index is 1120. The third kappa shape index (κ3) is 4.23. The number of aryl methyl sites for hydroxylation is 1. The van der Waals surface area contributed by atoms with E-state index in [9.17, 15) is 4.79 Å². The van der Waals surface area contributed by atoms with E-state index < -0.39 is 5.60 Å². The Morgan fingerprint density at radius 1 is 1.25 bits per heavy atom. The molecule has 9 nitrogen and oxygen atoms in total. The first-order valence-electron chi connectivity index (χ1n) is 11.1. The molecule has 2 atom stereocenters. The molecular weight excluding hydrogens is 426 g/mol. The second-order valence-corrected chi connectivity index (χ2v) is 10.6. The van der Waals surface area contributed by atoms with E-state index in [1.807, 2.05) is 50.1 Å². The van der Waals surface area contributed by atoms with Crippen LogP contribution in [0.1, 0.15) is 52.1 Å². The summed E-state index contributed by atoms with van der Waals surface area (Å²) >= 11 is 1.59. The fourth-order valence-corrected chi connectivity index (χ4v) is 5.47. The number of piperidine rings is 1. The average molecular weight is 456 g/mol. The Morgan fingerprint density at radius 3 is 2.66 bits per heavy atom. The lowest BCUT2D eigenvalue weighted by Crippen LogP contribution is -2.51. The second-order valence-electron chi connectivity index (χ2n) is 9.68. The van der Waals surface area contributed by atoms with Crippen molar-refractivity contribution in [1.82, 2.24) is 25.1 Å². The number of carbonyl (C=O) groups is 1. The van der Waals surface area contributed by atoms with Crippen molar-refractivity contribution in [3.63, 3.8) is 0 Å². The van der Waals surface area contributed by atoms with Crippen LogP contribution in [-0.4, -0.2) is 54.9 Å². The first-order valence-corrected chi connectivity index (χ1v) is 12.0. The molecule has 2 fully saturated rings. The summed E-state index contributed by atoms with van der Waals surface area (Å²) in [7, 11) is 0. The summed E-state index contributed by atoms with van der Waals surface area (Å²) in [4.78, 5) is 25.1. The van der Waals surface area contributed by atoms with Crippen LogP contribution in [0.2, 0.25) is 0 Å². The summed E-state index contributed by atoms with van der Waals surface area (Å²) in [6, 6.07) is 4.55. The molecule has 32 heavy (non-hydrogen) atoms. The molecular formula is C22H29N7O2S. The van der Waals surface area contributed by atoms with Gasteiger partial charge in [-0.15, -0.1) is 11.3 Å². The van der Waals surface area contributed by atoms with Crippen LogP contribution in [0.3, 0.4) is 0 Å². The summed E-state index contributed by atoms with van der Waals surface area (Å²) in [5, 5.41) is 17.0. The molecule has 3 aromatic rings. The lowest BCUT2D eigenvalue weighted by molar-refractivity contribution is 0.00682. The Labute approximate surface area is 191 Å². The first-order chi connectivity index (χ1) is 15.2. The minimum absolute atomic E-state index is 0.191. The van der Waals surface area contributed by atoms with Gasteiger partial charge in [-0.2, -0.15) is 10.1 Å². The Hall–Kier alpha value is -2.88. The van der Waals surface area contributed by atoms with Crippen molar-refractivity contribution in [2.24, 2.45) is 0 Å². The summed E-state index contributed by atoms with van der Waals surface area (Å²) in [5.41, 5.74) is 0.500. The quantitative estimate of drug-likeness (QED) is 0.518. The van der Waals surface area contributed by atoms with E-state index in [0.29, 0.717) is 5.95 Å². The molecule has 2 bridgehead atoms. The summed E-state index contributed by atoms with van der Waals surface area (Å²) in [6.45, 7) is 7.70. The number of nitrogens with zero attached hydrogens (tertiary/aromatic N) is 4. The Morgan fingerprint density at radius 2 is 2.00 bits per heavy atom. The molecule has 2 unspecified atom stereocenters. The molecule has 2 aliphatic rings. The van der Waals surface area contributed by atoms with Crippen molar-refractivity contribution < 1.29 is 9.53 Å². The highest BCUT2D eigenvalue weighted by Gasteiger charge is 2.45. The normalized spacial score (nSPS) is 22.9. The molecule has 1 amide bonds. The maximum atomic E-state index is 12.7. The van der Waals surface area contributed by atoms with Gasteiger partial charge in [-0.1, -0.05) is 0 Å². The fraction of sp³-hybridized carbons (Fsp3) is 0.545. The topological polar surface area (TPSA) is 108 Å². The maximum Gasteiger partial charge on any atom is 0.410 e. The molecule has 10 heteroatoms. The van der Waals surface area contributed by atoms with Crippen molar-refractivity contribution in [3.05, 3.63) is 23.2 Å². The van der Waals surface area contributed by atoms with Crippen molar-refractivity contribution in [2.45, 2.75) is 77.1 Å². The van der Waals surface area contributed by atoms with Crippen LogP contribution in [0.25, 0.3) is 10.2 Å². The number of ether oxygens (including phenoxy) is 1. The number of H-pyrrole nitrogens is 1. The van der Waals surface area contributed by atoms with Gasteiger partial charge in [0, 0.05) is 29.9 Å². The van der Waals surface area contributed by atoms with Crippen LogP contribution in [-0.2, 0) is 4.74 Å². The zero-order chi connectivity index (χ0) is 22.5. The number of fused-ring (bicyclic) bond motifs is 3. The number of amides is 1. The highest BCUT2D eigenvalue weighted by molar-refractivity contribution is 7.16. The van der Waals surface area contributed by atoms with Crippen LogP contribution in [0.4, 0.5) is 22.4 Å². The predicted molar refractivity (Wildman–Crippen MR) is 126 cm³/mol. The standard InChI is InChI=1S/C22H29N7O2S/c1-12-9-17(28-27-12)24-18-16-7-8-32-19(16)26-20(25-18)23-13-10-14-5-6-15(11-13)29(14)21(30)31-22(2,3)4/h7-9,13-15H,5-6,10-11H2,1-4H3,(H3,23,24,25,26,27,28). The van der Waals surface area contributed by atoms with Gasteiger partial charge in [0.1, 0.15) is 16.2 Å². The third-order valence-corrected chi connectivity index (χ3v) is 6.75. The van der Waals surface area contributed by atoms with Crippen LogP contribution < -0.4 is 10.6 Å². The van der Waals surface area contributed by atoms with Crippen molar-refractivity contribution in [3.8, 4) is 0 Å². The van der Waals surface area contributed by atoms with E-state index in [0.717, 1.165) is 53.2 Å². The molecule has 3 N–H and O–H groups in total. The van der Waals surface area contributed by atoms with Crippen LogP contribution >= 0.6 is 11.3 Å².